The normalized spacial score (nSPS) is 14.1. The molecule has 1 aromatic carbocycles. The molecule has 0 amide bonds. The number of benzene rings is 1. The molecule has 0 aliphatic heterocycles. The van der Waals surface area contributed by atoms with E-state index in [4.69, 9.17) is 4.74 Å². The summed E-state index contributed by atoms with van der Waals surface area (Å²) >= 11 is 0. The van der Waals surface area contributed by atoms with Crippen molar-refractivity contribution >= 4 is 12.2 Å². The summed E-state index contributed by atoms with van der Waals surface area (Å²) in [4.78, 5) is 11.7. The summed E-state index contributed by atoms with van der Waals surface area (Å²) in [6, 6.07) is 8.27. The number of rotatable bonds is 3. The van der Waals surface area contributed by atoms with Gasteiger partial charge in [0.05, 0.1) is 0 Å². The van der Waals surface area contributed by atoms with E-state index in [1.807, 2.05) is 18.2 Å². The highest BCUT2D eigenvalue weighted by molar-refractivity contribution is 5.78. The van der Waals surface area contributed by atoms with E-state index in [-0.39, 0.29) is 0 Å². The van der Waals surface area contributed by atoms with Gasteiger partial charge in [-0.1, -0.05) is 18.2 Å². The molecule has 0 heterocycles. The average Bonchev–Trinajstić information content (AvgIpc) is 2.27. The lowest BCUT2D eigenvalue weighted by Crippen LogP contribution is -2.35. The van der Waals surface area contributed by atoms with Gasteiger partial charge in [-0.2, -0.15) is 4.74 Å². The summed E-state index contributed by atoms with van der Waals surface area (Å²) in [7, 11) is 0. The van der Waals surface area contributed by atoms with Crippen LogP contribution in [-0.2, 0) is 9.53 Å². The highest BCUT2D eigenvalue weighted by Gasteiger charge is 2.26. The van der Waals surface area contributed by atoms with Crippen molar-refractivity contribution in [2.45, 2.75) is 39.3 Å². The third-order valence-electron chi connectivity index (χ3n) is 2.21. The van der Waals surface area contributed by atoms with Gasteiger partial charge in [-0.25, -0.2) is 4.79 Å². The first-order chi connectivity index (χ1) is 8.29. The highest BCUT2D eigenvalue weighted by atomic mass is 16.6. The molecule has 0 aliphatic carbocycles. The molecule has 1 aromatic rings. The minimum atomic E-state index is -0.857. The predicted octanol–water partition coefficient (Wildman–Crippen LogP) is 2.35. The van der Waals surface area contributed by atoms with Crippen molar-refractivity contribution in [2.24, 2.45) is 0 Å². The summed E-state index contributed by atoms with van der Waals surface area (Å²) in [5.74, 6) is -0.523. The van der Waals surface area contributed by atoms with Gasteiger partial charge in [0.1, 0.15) is 5.60 Å². The Labute approximate surface area is 107 Å². The van der Waals surface area contributed by atoms with Gasteiger partial charge in [0.15, 0.2) is 6.21 Å². The van der Waals surface area contributed by atoms with Crippen LogP contribution >= 0.6 is 0 Å². The standard InChI is InChI=1S/C14H19NO3/c1-11(13(16)18-14(2,3)4)15(17)10-12-8-6-5-7-9-12/h5-11H,1-4H3/b15-10-. The van der Waals surface area contributed by atoms with Crippen molar-refractivity contribution in [3.8, 4) is 0 Å². The van der Waals surface area contributed by atoms with Gasteiger partial charge in [0, 0.05) is 12.5 Å². The van der Waals surface area contributed by atoms with Gasteiger partial charge < -0.3 is 9.94 Å². The van der Waals surface area contributed by atoms with E-state index in [1.165, 1.54) is 13.1 Å². The average molecular weight is 249 g/mol. The summed E-state index contributed by atoms with van der Waals surface area (Å²) < 4.78 is 5.77. The number of hydrogen-bond donors (Lipinski definition) is 0. The lowest BCUT2D eigenvalue weighted by molar-refractivity contribution is -0.480. The number of carbonyl (C=O) groups excluding carboxylic acids is 1. The van der Waals surface area contributed by atoms with Crippen molar-refractivity contribution in [1.29, 1.82) is 0 Å². The second-order valence-electron chi connectivity index (χ2n) is 5.11. The number of hydroxylamine groups is 1. The Morgan fingerprint density at radius 3 is 2.39 bits per heavy atom. The molecule has 0 aromatic heterocycles. The van der Waals surface area contributed by atoms with Gasteiger partial charge in [-0.3, -0.25) is 0 Å². The third-order valence-corrected chi connectivity index (χ3v) is 2.21. The van der Waals surface area contributed by atoms with Gasteiger partial charge in [-0.15, -0.1) is 0 Å². The molecule has 1 rings (SSSR count). The van der Waals surface area contributed by atoms with Gasteiger partial charge in [0.2, 0.25) is 0 Å². The van der Waals surface area contributed by atoms with E-state index in [9.17, 15) is 10.0 Å². The zero-order chi connectivity index (χ0) is 13.8. The molecule has 4 nitrogen and oxygen atoms in total. The van der Waals surface area contributed by atoms with E-state index in [2.05, 4.69) is 0 Å². The van der Waals surface area contributed by atoms with Crippen LogP contribution in [-0.4, -0.2) is 28.6 Å². The number of esters is 1. The predicted molar refractivity (Wildman–Crippen MR) is 70.5 cm³/mol. The molecule has 0 spiro atoms. The fourth-order valence-electron chi connectivity index (χ4n) is 1.29. The molecule has 0 radical (unpaired) electrons. The Hall–Kier alpha value is -1.84. The molecule has 4 heteroatoms. The van der Waals surface area contributed by atoms with Crippen LogP contribution in [0.15, 0.2) is 30.3 Å². The maximum atomic E-state index is 11.8. The lowest BCUT2D eigenvalue weighted by atomic mass is 10.2. The van der Waals surface area contributed by atoms with E-state index in [0.717, 1.165) is 5.56 Å². The Bertz CT molecular complexity index is 432. The molecule has 0 aliphatic rings. The largest absolute Gasteiger partial charge is 0.623 e. The number of ether oxygens (including phenoxy) is 1. The molecule has 1 atom stereocenters. The van der Waals surface area contributed by atoms with Gasteiger partial charge >= 0.3 is 5.97 Å². The third kappa shape index (κ3) is 4.57. The fraction of sp³-hybridized carbons (Fsp3) is 0.429. The molecular formula is C14H19NO3. The number of hydrogen-bond acceptors (Lipinski definition) is 3. The maximum absolute atomic E-state index is 11.8. The molecular weight excluding hydrogens is 230 g/mol. The Balaban J connectivity index is 2.75. The first-order valence-corrected chi connectivity index (χ1v) is 5.88. The lowest BCUT2D eigenvalue weighted by Gasteiger charge is -2.21. The monoisotopic (exact) mass is 249 g/mol. The summed E-state index contributed by atoms with van der Waals surface area (Å²) in [6.07, 6.45) is 1.38. The van der Waals surface area contributed by atoms with Crippen LogP contribution in [0.2, 0.25) is 0 Å². The second kappa shape index (κ2) is 5.67. The zero-order valence-corrected chi connectivity index (χ0v) is 11.2. The molecule has 18 heavy (non-hydrogen) atoms. The minimum Gasteiger partial charge on any atom is -0.623 e. The Kier molecular flexibility index (Phi) is 4.48. The zero-order valence-electron chi connectivity index (χ0n) is 11.2. The smallest absolute Gasteiger partial charge is 0.376 e. The maximum Gasteiger partial charge on any atom is 0.376 e. The first-order valence-electron chi connectivity index (χ1n) is 5.88. The van der Waals surface area contributed by atoms with E-state index >= 15 is 0 Å². The molecule has 1 unspecified atom stereocenters. The van der Waals surface area contributed by atoms with Crippen LogP contribution in [0.1, 0.15) is 33.3 Å². The quantitative estimate of drug-likeness (QED) is 0.272. The highest BCUT2D eigenvalue weighted by Crippen LogP contribution is 2.09. The van der Waals surface area contributed by atoms with Gasteiger partial charge in [-0.05, 0) is 32.9 Å². The van der Waals surface area contributed by atoms with Crippen molar-refractivity contribution in [2.75, 3.05) is 0 Å². The molecule has 0 N–H and O–H groups in total. The van der Waals surface area contributed by atoms with Crippen molar-refractivity contribution in [1.82, 2.24) is 0 Å². The van der Waals surface area contributed by atoms with Crippen molar-refractivity contribution in [3.05, 3.63) is 41.1 Å². The van der Waals surface area contributed by atoms with E-state index < -0.39 is 17.6 Å². The van der Waals surface area contributed by atoms with Crippen LogP contribution in [0.3, 0.4) is 0 Å². The van der Waals surface area contributed by atoms with Crippen molar-refractivity contribution in [3.63, 3.8) is 0 Å². The summed E-state index contributed by atoms with van der Waals surface area (Å²) in [6.45, 7) is 6.84. The molecule has 0 bridgehead atoms. The van der Waals surface area contributed by atoms with Crippen molar-refractivity contribution < 1.29 is 14.3 Å². The first kappa shape index (κ1) is 14.2. The number of nitrogens with zero attached hydrogens (tertiary/aromatic N) is 1. The number of carbonyl (C=O) groups is 1. The fourth-order valence-corrected chi connectivity index (χ4v) is 1.29. The molecule has 0 saturated heterocycles. The SMILES string of the molecule is CC(C(=O)OC(C)(C)C)/[N+]([O-])=C/c1ccccc1. The summed E-state index contributed by atoms with van der Waals surface area (Å²) in [5, 5.41) is 11.8. The molecule has 98 valence electrons. The summed E-state index contributed by atoms with van der Waals surface area (Å²) in [5.41, 5.74) is 0.168. The van der Waals surface area contributed by atoms with Crippen LogP contribution in [0, 0.1) is 5.21 Å². The molecule has 0 fully saturated rings. The second-order valence-corrected chi connectivity index (χ2v) is 5.11. The topological polar surface area (TPSA) is 52.4 Å². The minimum absolute atomic E-state index is 0.523. The molecule has 0 saturated carbocycles. The Morgan fingerprint density at radius 2 is 1.89 bits per heavy atom. The van der Waals surface area contributed by atoms with Crippen LogP contribution in [0.4, 0.5) is 0 Å². The van der Waals surface area contributed by atoms with Gasteiger partial charge in [0.25, 0.3) is 6.04 Å². The van der Waals surface area contributed by atoms with Crippen LogP contribution in [0.5, 0.6) is 0 Å². The van der Waals surface area contributed by atoms with Crippen LogP contribution in [0.25, 0.3) is 0 Å². The van der Waals surface area contributed by atoms with E-state index in [1.54, 1.807) is 32.9 Å². The van der Waals surface area contributed by atoms with E-state index in [0.29, 0.717) is 4.74 Å². The Morgan fingerprint density at radius 1 is 1.33 bits per heavy atom. The van der Waals surface area contributed by atoms with Crippen LogP contribution < -0.4 is 0 Å².